The number of nitrogens with zero attached hydrogens (tertiary/aromatic N) is 3. The fraction of sp³-hybridized carbons (Fsp3) is 0.333. The zero-order valence-electron chi connectivity index (χ0n) is 14.1. The van der Waals surface area contributed by atoms with E-state index in [2.05, 4.69) is 15.3 Å². The van der Waals surface area contributed by atoms with E-state index in [1.54, 1.807) is 6.07 Å². The summed E-state index contributed by atoms with van der Waals surface area (Å²) in [5.74, 6) is 0.191. The molecule has 1 aliphatic heterocycles. The minimum Gasteiger partial charge on any atom is -0.371 e. The van der Waals surface area contributed by atoms with Crippen LogP contribution >= 0.6 is 0 Å². The molecule has 4 rings (SSSR count). The first-order valence-electron chi connectivity index (χ1n) is 8.38. The van der Waals surface area contributed by atoms with E-state index in [-0.39, 0.29) is 18.2 Å². The molecule has 27 heavy (non-hydrogen) atoms. The number of hydrogen-bond donors (Lipinski definition) is 1. The largest absolute Gasteiger partial charge is 0.416 e. The van der Waals surface area contributed by atoms with Crippen LogP contribution in [-0.4, -0.2) is 27.7 Å². The Morgan fingerprint density at radius 3 is 2.89 bits per heavy atom. The second-order valence-electron chi connectivity index (χ2n) is 6.37. The summed E-state index contributed by atoms with van der Waals surface area (Å²) in [5, 5.41) is 3.17. The lowest BCUT2D eigenvalue weighted by Crippen LogP contribution is -2.32. The fourth-order valence-corrected chi connectivity index (χ4v) is 3.27. The van der Waals surface area contributed by atoms with Gasteiger partial charge in [0.15, 0.2) is 0 Å². The highest BCUT2D eigenvalue weighted by Crippen LogP contribution is 2.33. The van der Waals surface area contributed by atoms with Crippen LogP contribution < -0.4 is 5.32 Å². The predicted molar refractivity (Wildman–Crippen MR) is 89.3 cm³/mol. The fourth-order valence-electron chi connectivity index (χ4n) is 3.27. The van der Waals surface area contributed by atoms with Gasteiger partial charge in [0.25, 0.3) is 0 Å². The number of rotatable bonds is 4. The Hall–Kier alpha value is -2.52. The van der Waals surface area contributed by atoms with Crippen molar-refractivity contribution in [1.82, 2.24) is 19.9 Å². The van der Waals surface area contributed by atoms with Crippen molar-refractivity contribution in [2.75, 3.05) is 13.2 Å². The molecule has 0 bridgehead atoms. The van der Waals surface area contributed by atoms with Crippen LogP contribution in [0.5, 0.6) is 0 Å². The molecule has 9 heteroatoms. The number of nitrogens with one attached hydrogen (secondary N) is 1. The molecule has 142 valence electrons. The van der Waals surface area contributed by atoms with Gasteiger partial charge in [0, 0.05) is 24.8 Å². The summed E-state index contributed by atoms with van der Waals surface area (Å²) < 4.78 is 59.9. The third-order valence-corrected chi connectivity index (χ3v) is 4.55. The molecule has 0 spiro atoms. The highest BCUT2D eigenvalue weighted by atomic mass is 19.4. The van der Waals surface area contributed by atoms with E-state index in [4.69, 9.17) is 4.74 Å². The van der Waals surface area contributed by atoms with Crippen molar-refractivity contribution < 1.29 is 22.3 Å². The van der Waals surface area contributed by atoms with Gasteiger partial charge >= 0.3 is 6.18 Å². The first-order valence-corrected chi connectivity index (χ1v) is 8.38. The lowest BCUT2D eigenvalue weighted by molar-refractivity contribution is -0.137. The maximum Gasteiger partial charge on any atom is 0.416 e. The molecular formula is C18H16F4N4O. The third-order valence-electron chi connectivity index (χ3n) is 4.55. The molecule has 5 nitrogen and oxygen atoms in total. The summed E-state index contributed by atoms with van der Waals surface area (Å²) in [5.41, 5.74) is 0.681. The van der Waals surface area contributed by atoms with E-state index in [1.165, 1.54) is 12.3 Å². The van der Waals surface area contributed by atoms with Gasteiger partial charge in [-0.05, 0) is 24.3 Å². The van der Waals surface area contributed by atoms with Crippen LogP contribution in [0.15, 0.2) is 36.7 Å². The molecule has 1 atom stereocenters. The van der Waals surface area contributed by atoms with Crippen LogP contribution in [0, 0.1) is 5.82 Å². The number of alkyl halides is 3. The molecule has 3 heterocycles. The zero-order valence-corrected chi connectivity index (χ0v) is 14.1. The molecule has 1 N–H and O–H groups in total. The second-order valence-corrected chi connectivity index (χ2v) is 6.37. The van der Waals surface area contributed by atoms with Crippen LogP contribution in [0.2, 0.25) is 0 Å². The summed E-state index contributed by atoms with van der Waals surface area (Å²) in [7, 11) is 0. The minimum atomic E-state index is -4.41. The topological polar surface area (TPSA) is 52.0 Å². The van der Waals surface area contributed by atoms with Gasteiger partial charge in [-0.15, -0.1) is 0 Å². The van der Waals surface area contributed by atoms with E-state index in [0.717, 1.165) is 18.3 Å². The molecule has 1 aromatic carbocycles. The van der Waals surface area contributed by atoms with E-state index in [0.29, 0.717) is 36.6 Å². The smallest absolute Gasteiger partial charge is 0.371 e. The molecule has 0 amide bonds. The Labute approximate surface area is 152 Å². The summed E-state index contributed by atoms with van der Waals surface area (Å²) in [6, 6.07) is 4.99. The normalized spacial score (nSPS) is 17.3. The maximum atomic E-state index is 13.7. The Kier molecular flexibility index (Phi) is 4.56. The number of pyridine rings is 1. The molecule has 0 saturated heterocycles. The molecular weight excluding hydrogens is 364 g/mol. The van der Waals surface area contributed by atoms with Gasteiger partial charge in [-0.3, -0.25) is 4.98 Å². The van der Waals surface area contributed by atoms with Gasteiger partial charge in [-0.1, -0.05) is 0 Å². The summed E-state index contributed by atoms with van der Waals surface area (Å²) in [6.45, 7) is 1.41. The molecule has 0 aliphatic carbocycles. The van der Waals surface area contributed by atoms with Crippen LogP contribution in [0.3, 0.4) is 0 Å². The maximum absolute atomic E-state index is 13.7. The lowest BCUT2D eigenvalue weighted by atomic mass is 10.1. The molecule has 0 radical (unpaired) electrons. The van der Waals surface area contributed by atoms with Gasteiger partial charge in [-0.2, -0.15) is 13.2 Å². The third kappa shape index (κ3) is 3.52. The number of halogens is 4. The molecule has 0 saturated carbocycles. The molecule has 2 aromatic heterocycles. The van der Waals surface area contributed by atoms with Gasteiger partial charge in [0.1, 0.15) is 18.2 Å². The van der Waals surface area contributed by atoms with E-state index in [1.807, 2.05) is 4.57 Å². The van der Waals surface area contributed by atoms with Gasteiger partial charge < -0.3 is 14.6 Å². The van der Waals surface area contributed by atoms with E-state index < -0.39 is 17.6 Å². The summed E-state index contributed by atoms with van der Waals surface area (Å²) in [6.07, 6.45) is -1.74. The Morgan fingerprint density at radius 1 is 1.26 bits per heavy atom. The predicted octanol–water partition coefficient (Wildman–Crippen LogP) is 3.45. The first kappa shape index (κ1) is 17.9. The van der Waals surface area contributed by atoms with Crippen molar-refractivity contribution in [2.24, 2.45) is 0 Å². The highest BCUT2D eigenvalue weighted by molar-refractivity contribution is 5.77. The summed E-state index contributed by atoms with van der Waals surface area (Å²) in [4.78, 5) is 8.01. The van der Waals surface area contributed by atoms with Crippen LogP contribution in [0.1, 0.15) is 23.0 Å². The number of fused-ring (bicyclic) bond motifs is 3. The Bertz CT molecular complexity index is 970. The van der Waals surface area contributed by atoms with Crippen LogP contribution in [0.4, 0.5) is 17.6 Å². The molecule has 0 unspecified atom stereocenters. The van der Waals surface area contributed by atoms with Crippen molar-refractivity contribution in [3.05, 3.63) is 59.4 Å². The minimum absolute atomic E-state index is 0.152. The monoisotopic (exact) mass is 380 g/mol. The quantitative estimate of drug-likeness (QED) is 0.705. The first-order chi connectivity index (χ1) is 12.9. The van der Waals surface area contributed by atoms with Crippen molar-refractivity contribution in [3.63, 3.8) is 0 Å². The Balaban J connectivity index is 1.56. The molecule has 0 fully saturated rings. The number of hydrogen-bond acceptors (Lipinski definition) is 4. The number of imidazole rings is 1. The second kappa shape index (κ2) is 6.90. The van der Waals surface area contributed by atoms with Crippen molar-refractivity contribution in [3.8, 4) is 0 Å². The lowest BCUT2D eigenvalue weighted by Gasteiger charge is -2.26. The van der Waals surface area contributed by atoms with Gasteiger partial charge in [0.05, 0.1) is 35.4 Å². The van der Waals surface area contributed by atoms with Crippen LogP contribution in [0.25, 0.3) is 11.0 Å². The highest BCUT2D eigenvalue weighted by Gasteiger charge is 2.32. The Morgan fingerprint density at radius 2 is 2.11 bits per heavy atom. The SMILES string of the molecule is Fc1cnccc1CNC[C@H]1COCc2nc3cc(C(F)(F)F)ccc3n21. The molecule has 1 aliphatic rings. The zero-order chi connectivity index (χ0) is 19.0. The van der Waals surface area contributed by atoms with Gasteiger partial charge in [-0.25, -0.2) is 9.37 Å². The van der Waals surface area contributed by atoms with Crippen molar-refractivity contribution >= 4 is 11.0 Å². The van der Waals surface area contributed by atoms with E-state index >= 15 is 0 Å². The van der Waals surface area contributed by atoms with Crippen molar-refractivity contribution in [2.45, 2.75) is 25.4 Å². The van der Waals surface area contributed by atoms with Crippen molar-refractivity contribution in [1.29, 1.82) is 0 Å². The summed E-state index contributed by atoms with van der Waals surface area (Å²) >= 11 is 0. The molecule has 3 aromatic rings. The van der Waals surface area contributed by atoms with Gasteiger partial charge in [0.2, 0.25) is 0 Å². The average molecular weight is 380 g/mol. The number of benzene rings is 1. The average Bonchev–Trinajstić information content (AvgIpc) is 3.01. The van der Waals surface area contributed by atoms with Crippen LogP contribution in [-0.2, 0) is 24.1 Å². The van der Waals surface area contributed by atoms with E-state index in [9.17, 15) is 17.6 Å². The standard InChI is InChI=1S/C18H16F4N4O/c19-14-8-23-4-3-11(14)6-24-7-13-9-27-10-17-25-15-5-12(18(20,21)22)1-2-16(15)26(13)17/h1-5,8,13,24H,6-7,9-10H2/t13-/m0/s1. The number of ether oxygens (including phenoxy) is 1. The number of aromatic nitrogens is 3.